The van der Waals surface area contributed by atoms with Crippen molar-refractivity contribution in [3.63, 3.8) is 0 Å². The summed E-state index contributed by atoms with van der Waals surface area (Å²) in [5.41, 5.74) is 0. The quantitative estimate of drug-likeness (QED) is 0.400. The highest BCUT2D eigenvalue weighted by Crippen LogP contribution is 2.95. The molecule has 0 bridgehead atoms. The normalized spacial score (nSPS) is 20.4. The Morgan fingerprint density at radius 3 is 1.19 bits per heavy atom. The van der Waals surface area contributed by atoms with Crippen molar-refractivity contribution in [3.8, 4) is 0 Å². The van der Waals surface area contributed by atoms with Crippen LogP contribution in [0.2, 0.25) is 0 Å². The summed E-state index contributed by atoms with van der Waals surface area (Å²) in [4.78, 5) is 26.3. The summed E-state index contributed by atoms with van der Waals surface area (Å²) >= 11 is 0. The first kappa shape index (κ1) is 21.8. The van der Waals surface area contributed by atoms with E-state index in [2.05, 4.69) is 12.1 Å². The molecule has 0 N–H and O–H groups in total. The highest BCUT2D eigenvalue weighted by atomic mass is 32.5. The molecule has 2 unspecified atom stereocenters. The highest BCUT2D eigenvalue weighted by Gasteiger charge is 2.50. The summed E-state index contributed by atoms with van der Waals surface area (Å²) < 4.78 is 10.4. The number of esters is 2. The van der Waals surface area contributed by atoms with Crippen molar-refractivity contribution < 1.29 is 19.1 Å². The molecule has 156 valence electrons. The van der Waals surface area contributed by atoms with Crippen LogP contribution in [0.25, 0.3) is 0 Å². The first-order valence-corrected chi connectivity index (χ1v) is 15.1. The van der Waals surface area contributed by atoms with Gasteiger partial charge in [-0.15, -0.1) is 0 Å². The van der Waals surface area contributed by atoms with Crippen LogP contribution in [0, 0.1) is 0 Å². The number of carbonyl (C=O) groups excluding carboxylic acids is 2. The lowest BCUT2D eigenvalue weighted by Gasteiger charge is -2.28. The number of hydrogen-bond acceptors (Lipinski definition) is 4. The molecule has 2 atom stereocenters. The van der Waals surface area contributed by atoms with Crippen LogP contribution in [0.15, 0.2) is 102 Å². The van der Waals surface area contributed by atoms with Crippen LogP contribution in [0.1, 0.15) is 0 Å². The van der Waals surface area contributed by atoms with E-state index in [0.29, 0.717) is 10.6 Å². The second-order valence-corrected chi connectivity index (χ2v) is 16.6. The van der Waals surface area contributed by atoms with E-state index in [9.17, 15) is 9.59 Å². The lowest BCUT2D eigenvalue weighted by Crippen LogP contribution is -2.13. The Morgan fingerprint density at radius 1 is 0.548 bits per heavy atom. The molecule has 0 amide bonds. The summed E-state index contributed by atoms with van der Waals surface area (Å²) in [7, 11) is -0.440. The fraction of sp³-hybridized carbons (Fsp3) is 0.0833. The Hall–Kier alpha value is -2.37. The summed E-state index contributed by atoms with van der Waals surface area (Å²) in [6.07, 6.45) is 0. The number of methoxy groups -OCH3 is 2. The van der Waals surface area contributed by atoms with E-state index < -0.39 is 34.5 Å². The van der Waals surface area contributed by atoms with Gasteiger partial charge in [-0.2, -0.15) is 0 Å². The molecule has 0 aromatic heterocycles. The minimum Gasteiger partial charge on any atom is -0.465 e. The van der Waals surface area contributed by atoms with E-state index in [1.807, 2.05) is 78.9 Å². The fourth-order valence-corrected chi connectivity index (χ4v) is 21.1. The standard InChI is InChI=1S/C24H21O4P3/c1-27-23(25)21-22(24(26)28-2)30(19-14-8-4-9-15-19)31(20-16-10-5-11-17-20)29(21)18-12-6-3-7-13-18/h3-17H,1-2H3. The van der Waals surface area contributed by atoms with E-state index >= 15 is 0 Å². The molecule has 0 saturated heterocycles. The van der Waals surface area contributed by atoms with E-state index in [4.69, 9.17) is 9.47 Å². The average Bonchev–Trinajstić information content (AvgIpc) is 3.21. The van der Waals surface area contributed by atoms with Gasteiger partial charge in [0, 0.05) is 0 Å². The Balaban J connectivity index is 2.05. The van der Waals surface area contributed by atoms with Crippen molar-refractivity contribution in [1.82, 2.24) is 0 Å². The lowest BCUT2D eigenvalue weighted by atomic mass is 10.4. The Labute approximate surface area is 185 Å². The Morgan fingerprint density at radius 2 is 0.871 bits per heavy atom. The minimum atomic E-state index is -1.13. The molecule has 0 fully saturated rings. The summed E-state index contributed by atoms with van der Waals surface area (Å²) in [6.45, 7) is 0. The topological polar surface area (TPSA) is 52.6 Å². The second-order valence-electron chi connectivity index (χ2n) is 6.60. The van der Waals surface area contributed by atoms with Gasteiger partial charge in [0.25, 0.3) is 0 Å². The number of benzene rings is 3. The van der Waals surface area contributed by atoms with Crippen molar-refractivity contribution in [2.24, 2.45) is 0 Å². The third-order valence-corrected chi connectivity index (χ3v) is 19.2. The second kappa shape index (κ2) is 9.84. The fourth-order valence-electron chi connectivity index (χ4n) is 3.45. The predicted octanol–water partition coefficient (Wildman–Crippen LogP) is 4.81. The van der Waals surface area contributed by atoms with Gasteiger partial charge in [-0.1, -0.05) is 91.0 Å². The van der Waals surface area contributed by atoms with Crippen molar-refractivity contribution in [2.45, 2.75) is 0 Å². The summed E-state index contributed by atoms with van der Waals surface area (Å²) in [5, 5.41) is 4.27. The maximum Gasteiger partial charge on any atom is 0.339 e. The molecule has 3 aromatic rings. The van der Waals surface area contributed by atoms with Gasteiger partial charge in [0.2, 0.25) is 0 Å². The molecule has 1 heterocycles. The predicted molar refractivity (Wildman–Crippen MR) is 130 cm³/mol. The van der Waals surface area contributed by atoms with E-state index in [1.165, 1.54) is 19.5 Å². The molecule has 4 nitrogen and oxygen atoms in total. The maximum absolute atomic E-state index is 13.1. The van der Waals surface area contributed by atoms with Gasteiger partial charge < -0.3 is 9.47 Å². The van der Waals surface area contributed by atoms with Gasteiger partial charge in [-0.25, -0.2) is 9.59 Å². The molecule has 7 heteroatoms. The Bertz CT molecular complexity index is 1030. The number of rotatable bonds is 5. The van der Waals surface area contributed by atoms with Gasteiger partial charge >= 0.3 is 11.9 Å². The molecule has 0 saturated carbocycles. The molecule has 0 spiro atoms. The van der Waals surface area contributed by atoms with Crippen LogP contribution in [0.5, 0.6) is 0 Å². The molecule has 1 aliphatic rings. The zero-order chi connectivity index (χ0) is 21.8. The first-order valence-electron chi connectivity index (χ1n) is 9.63. The van der Waals surface area contributed by atoms with Gasteiger partial charge in [-0.05, 0) is 38.4 Å². The van der Waals surface area contributed by atoms with Crippen molar-refractivity contribution in [3.05, 3.63) is 102 Å². The first-order chi connectivity index (χ1) is 15.2. The molecular weight excluding hydrogens is 445 g/mol. The molecule has 0 radical (unpaired) electrons. The van der Waals surface area contributed by atoms with Crippen molar-refractivity contribution in [1.29, 1.82) is 0 Å². The zero-order valence-corrected chi connectivity index (χ0v) is 19.8. The van der Waals surface area contributed by atoms with E-state index in [0.717, 1.165) is 10.6 Å². The number of carbonyl (C=O) groups is 2. The molecule has 4 rings (SSSR count). The van der Waals surface area contributed by atoms with Crippen LogP contribution >= 0.6 is 22.5 Å². The monoisotopic (exact) mass is 466 g/mol. The molecular formula is C24H21O4P3. The third kappa shape index (κ3) is 4.21. The SMILES string of the molecule is COC(=O)C1=C(C(=O)OC)P(c2ccccc2)P(c2ccccc2)P1c1ccccc1. The van der Waals surface area contributed by atoms with Gasteiger partial charge in [0.1, 0.15) is 0 Å². The van der Waals surface area contributed by atoms with E-state index in [-0.39, 0.29) is 0 Å². The average molecular weight is 466 g/mol. The third-order valence-electron chi connectivity index (χ3n) is 4.77. The Kier molecular flexibility index (Phi) is 6.93. The van der Waals surface area contributed by atoms with Crippen LogP contribution in [-0.2, 0) is 19.1 Å². The highest BCUT2D eigenvalue weighted by molar-refractivity contribution is 8.69. The van der Waals surface area contributed by atoms with Crippen LogP contribution in [-0.4, -0.2) is 26.2 Å². The summed E-state index contributed by atoms with van der Waals surface area (Å²) in [6, 6.07) is 30.3. The lowest BCUT2D eigenvalue weighted by molar-refractivity contribution is -0.138. The molecule has 0 aliphatic carbocycles. The van der Waals surface area contributed by atoms with Crippen molar-refractivity contribution in [2.75, 3.05) is 14.2 Å². The van der Waals surface area contributed by atoms with Crippen LogP contribution in [0.4, 0.5) is 0 Å². The number of ether oxygens (including phenoxy) is 2. The maximum atomic E-state index is 13.1. The van der Waals surface area contributed by atoms with Crippen LogP contribution < -0.4 is 15.9 Å². The zero-order valence-electron chi connectivity index (χ0n) is 17.1. The minimum absolute atomic E-state index is 0.445. The van der Waals surface area contributed by atoms with Crippen molar-refractivity contribution >= 4 is 50.4 Å². The molecule has 31 heavy (non-hydrogen) atoms. The largest absolute Gasteiger partial charge is 0.465 e. The van der Waals surface area contributed by atoms with Gasteiger partial charge in [-0.3, -0.25) is 0 Å². The smallest absolute Gasteiger partial charge is 0.339 e. The van der Waals surface area contributed by atoms with Crippen LogP contribution in [0.3, 0.4) is 0 Å². The van der Waals surface area contributed by atoms with E-state index in [1.54, 1.807) is 0 Å². The summed E-state index contributed by atoms with van der Waals surface area (Å²) in [5.74, 6) is -0.889. The number of hydrogen-bond donors (Lipinski definition) is 0. The molecule has 1 aliphatic heterocycles. The van der Waals surface area contributed by atoms with Gasteiger partial charge in [0.05, 0.1) is 24.8 Å². The molecule has 3 aromatic carbocycles. The van der Waals surface area contributed by atoms with Gasteiger partial charge in [0.15, 0.2) is 0 Å².